The second-order valence-electron chi connectivity index (χ2n) is 4.15. The van der Waals surface area contributed by atoms with Gasteiger partial charge in [-0.15, -0.1) is 11.3 Å². The average Bonchev–Trinajstić information content (AvgIpc) is 2.96. The molecule has 0 radical (unpaired) electrons. The zero-order valence-corrected chi connectivity index (χ0v) is 12.4. The van der Waals surface area contributed by atoms with Gasteiger partial charge in [-0.3, -0.25) is 0 Å². The lowest BCUT2D eigenvalue weighted by Crippen LogP contribution is -2.27. The highest BCUT2D eigenvalue weighted by Crippen LogP contribution is 2.26. The van der Waals surface area contributed by atoms with E-state index in [1.807, 2.05) is 0 Å². The molecule has 0 amide bonds. The Hall–Kier alpha value is -1.71. The number of nitrogens with zero attached hydrogens (tertiary/aromatic N) is 1. The van der Waals surface area contributed by atoms with Gasteiger partial charge in [0.15, 0.2) is 0 Å². The third kappa shape index (κ3) is 2.89. The van der Waals surface area contributed by atoms with Gasteiger partial charge in [0, 0.05) is 17.3 Å². The molecule has 0 aliphatic carbocycles. The Bertz CT molecular complexity index is 719. The van der Waals surface area contributed by atoms with Gasteiger partial charge in [-0.1, -0.05) is 0 Å². The number of carboxylic acid groups (broad SMARTS) is 1. The van der Waals surface area contributed by atoms with Crippen molar-refractivity contribution in [3.63, 3.8) is 0 Å². The van der Waals surface area contributed by atoms with E-state index >= 15 is 0 Å². The zero-order valence-electron chi connectivity index (χ0n) is 10.7. The van der Waals surface area contributed by atoms with Crippen LogP contribution in [0.3, 0.4) is 0 Å². The van der Waals surface area contributed by atoms with Crippen LogP contribution < -0.4 is 4.72 Å². The third-order valence-electron chi connectivity index (χ3n) is 2.63. The number of aryl methyl sites for hydroxylation is 1. The number of carbonyl (C=O) groups is 1. The van der Waals surface area contributed by atoms with Crippen LogP contribution >= 0.6 is 11.3 Å². The molecule has 0 spiro atoms. The Labute approximate surface area is 119 Å². The Morgan fingerprint density at radius 2 is 2.25 bits per heavy atom. The van der Waals surface area contributed by atoms with Gasteiger partial charge in [0.1, 0.15) is 10.7 Å². The highest BCUT2D eigenvalue weighted by atomic mass is 32.2. The predicted octanol–water partition coefficient (Wildman–Crippen LogP) is 1.52. The fourth-order valence-electron chi connectivity index (χ4n) is 1.70. The van der Waals surface area contributed by atoms with Crippen molar-refractivity contribution < 1.29 is 18.3 Å². The number of rotatable bonds is 5. The molecule has 1 unspecified atom stereocenters. The first-order valence-corrected chi connectivity index (χ1v) is 7.96. The monoisotopic (exact) mass is 315 g/mol. The number of hydrogen-bond acceptors (Lipinski definition) is 5. The zero-order chi connectivity index (χ0) is 14.9. The standard InChI is InChI=1S/C11H13N3O4S2/c1-6(10-12-3-4-13-10)14-20(17,18)9-5-8(11(15)16)19-7(9)2/h3-6,14H,1-2H3,(H,12,13)(H,15,16). The number of H-pyrrole nitrogens is 1. The smallest absolute Gasteiger partial charge is 0.345 e. The Morgan fingerprint density at radius 3 is 2.75 bits per heavy atom. The van der Waals surface area contributed by atoms with Crippen LogP contribution in [0.25, 0.3) is 0 Å². The van der Waals surface area contributed by atoms with Crippen molar-refractivity contribution in [2.75, 3.05) is 0 Å². The van der Waals surface area contributed by atoms with E-state index in [2.05, 4.69) is 14.7 Å². The van der Waals surface area contributed by atoms with Gasteiger partial charge < -0.3 is 10.1 Å². The number of carboxylic acids is 1. The second kappa shape index (κ2) is 5.35. The Balaban J connectivity index is 2.29. The minimum Gasteiger partial charge on any atom is -0.477 e. The number of aromatic nitrogens is 2. The maximum absolute atomic E-state index is 12.3. The molecule has 0 saturated heterocycles. The molecule has 0 aliphatic rings. The number of aromatic amines is 1. The highest BCUT2D eigenvalue weighted by Gasteiger charge is 2.24. The SMILES string of the molecule is Cc1sc(C(=O)O)cc1S(=O)(=O)NC(C)c1ncc[nH]1. The predicted molar refractivity (Wildman–Crippen MR) is 73.3 cm³/mol. The summed E-state index contributed by atoms with van der Waals surface area (Å²) in [4.78, 5) is 18.1. The first-order chi connectivity index (χ1) is 9.31. The van der Waals surface area contributed by atoms with Crippen molar-refractivity contribution in [2.45, 2.75) is 24.8 Å². The van der Waals surface area contributed by atoms with Gasteiger partial charge in [0.05, 0.1) is 10.9 Å². The van der Waals surface area contributed by atoms with E-state index in [1.165, 1.54) is 12.3 Å². The van der Waals surface area contributed by atoms with E-state index in [9.17, 15) is 13.2 Å². The van der Waals surface area contributed by atoms with E-state index in [0.29, 0.717) is 10.7 Å². The van der Waals surface area contributed by atoms with E-state index in [0.717, 1.165) is 11.3 Å². The van der Waals surface area contributed by atoms with Gasteiger partial charge in [-0.05, 0) is 19.9 Å². The molecule has 0 fully saturated rings. The van der Waals surface area contributed by atoms with Crippen molar-refractivity contribution in [3.8, 4) is 0 Å². The molecule has 0 bridgehead atoms. The maximum atomic E-state index is 12.3. The van der Waals surface area contributed by atoms with Crippen molar-refractivity contribution >= 4 is 27.3 Å². The number of imidazole rings is 1. The summed E-state index contributed by atoms with van der Waals surface area (Å²) in [7, 11) is -3.79. The van der Waals surface area contributed by atoms with Crippen molar-refractivity contribution in [2.24, 2.45) is 0 Å². The minimum atomic E-state index is -3.79. The van der Waals surface area contributed by atoms with Crippen LogP contribution in [-0.4, -0.2) is 29.5 Å². The van der Waals surface area contributed by atoms with Crippen LogP contribution in [0, 0.1) is 6.92 Å². The molecule has 108 valence electrons. The lowest BCUT2D eigenvalue weighted by Gasteiger charge is -2.11. The summed E-state index contributed by atoms with van der Waals surface area (Å²) in [6.07, 6.45) is 3.12. The van der Waals surface area contributed by atoms with Gasteiger partial charge in [0.25, 0.3) is 0 Å². The van der Waals surface area contributed by atoms with E-state index in [-0.39, 0.29) is 9.77 Å². The lowest BCUT2D eigenvalue weighted by atomic mass is 10.3. The Kier molecular flexibility index (Phi) is 3.93. The molecule has 2 rings (SSSR count). The molecule has 0 aliphatic heterocycles. The summed E-state index contributed by atoms with van der Waals surface area (Å²) in [5.41, 5.74) is 0. The molecule has 1 atom stereocenters. The summed E-state index contributed by atoms with van der Waals surface area (Å²) in [6, 6.07) is 0.627. The van der Waals surface area contributed by atoms with Crippen molar-refractivity contribution in [3.05, 3.63) is 34.0 Å². The molecule has 9 heteroatoms. The van der Waals surface area contributed by atoms with Gasteiger partial charge in [0.2, 0.25) is 10.0 Å². The van der Waals surface area contributed by atoms with E-state index in [4.69, 9.17) is 5.11 Å². The van der Waals surface area contributed by atoms with Gasteiger partial charge >= 0.3 is 5.97 Å². The number of hydrogen-bond donors (Lipinski definition) is 3. The molecule has 2 heterocycles. The average molecular weight is 315 g/mol. The molecule has 2 aromatic heterocycles. The van der Waals surface area contributed by atoms with E-state index in [1.54, 1.807) is 20.0 Å². The van der Waals surface area contributed by atoms with Gasteiger partial charge in [-0.2, -0.15) is 0 Å². The molecule has 0 saturated carbocycles. The lowest BCUT2D eigenvalue weighted by molar-refractivity contribution is 0.0702. The topological polar surface area (TPSA) is 112 Å². The van der Waals surface area contributed by atoms with Crippen molar-refractivity contribution in [1.29, 1.82) is 0 Å². The molecular formula is C11H13N3O4S2. The number of sulfonamides is 1. The number of thiophene rings is 1. The van der Waals surface area contributed by atoms with Crippen LogP contribution in [0.1, 0.15) is 33.3 Å². The summed E-state index contributed by atoms with van der Waals surface area (Å²) >= 11 is 0.932. The van der Waals surface area contributed by atoms with Gasteiger partial charge in [-0.25, -0.2) is 22.9 Å². The highest BCUT2D eigenvalue weighted by molar-refractivity contribution is 7.89. The maximum Gasteiger partial charge on any atom is 0.345 e. The van der Waals surface area contributed by atoms with Crippen LogP contribution in [0.2, 0.25) is 0 Å². The number of aromatic carboxylic acids is 1. The summed E-state index contributed by atoms with van der Waals surface area (Å²) in [5.74, 6) is -0.654. The first-order valence-electron chi connectivity index (χ1n) is 5.66. The molecular weight excluding hydrogens is 302 g/mol. The summed E-state index contributed by atoms with van der Waals surface area (Å²) in [5, 5.41) is 8.90. The third-order valence-corrected chi connectivity index (χ3v) is 5.47. The van der Waals surface area contributed by atoms with E-state index < -0.39 is 22.0 Å². The molecule has 0 aromatic carbocycles. The minimum absolute atomic E-state index is 0.00599. The first kappa shape index (κ1) is 14.7. The fourth-order valence-corrected chi connectivity index (χ4v) is 4.34. The van der Waals surface area contributed by atoms with Crippen LogP contribution in [0.5, 0.6) is 0 Å². The fraction of sp³-hybridized carbons (Fsp3) is 0.273. The summed E-state index contributed by atoms with van der Waals surface area (Å²) < 4.78 is 27.0. The molecule has 7 nitrogen and oxygen atoms in total. The van der Waals surface area contributed by atoms with Crippen LogP contribution in [-0.2, 0) is 10.0 Å². The van der Waals surface area contributed by atoms with Crippen LogP contribution in [0.15, 0.2) is 23.4 Å². The molecule has 20 heavy (non-hydrogen) atoms. The Morgan fingerprint density at radius 1 is 1.55 bits per heavy atom. The second-order valence-corrected chi connectivity index (χ2v) is 7.09. The molecule has 2 aromatic rings. The summed E-state index contributed by atoms with van der Waals surface area (Å²) in [6.45, 7) is 3.22. The quantitative estimate of drug-likeness (QED) is 0.774. The van der Waals surface area contributed by atoms with Crippen molar-refractivity contribution in [1.82, 2.24) is 14.7 Å². The largest absolute Gasteiger partial charge is 0.477 e. The number of nitrogens with one attached hydrogen (secondary N) is 2. The normalized spacial score (nSPS) is 13.3. The van der Waals surface area contributed by atoms with Crippen LogP contribution in [0.4, 0.5) is 0 Å². The molecule has 3 N–H and O–H groups in total.